The van der Waals surface area contributed by atoms with Crippen LogP contribution in [0, 0.1) is 0 Å². The highest BCUT2D eigenvalue weighted by molar-refractivity contribution is 6.08. The molecule has 0 atom stereocenters. The Bertz CT molecular complexity index is 2270. The van der Waals surface area contributed by atoms with Gasteiger partial charge in [-0.25, -0.2) is 4.79 Å². The van der Waals surface area contributed by atoms with Crippen LogP contribution in [0.15, 0.2) is 127 Å². The standard InChI is InChI=1S/C43H39N3O7/c1-27(2)53-40-24-34(43(49)50-3)17-20-37(40)46-42(48)33-16-19-36(39(23-33)52-26-29-13-14-30-11-7-8-12-31(30)21-29)45-41(47)32-15-18-35(44)38(22-32)51-25-28-9-5-4-6-10-28/h4-24,27H,25-26,44H2,1-3H3,(H,45,47)(H,46,48). The first kappa shape index (κ1) is 36.0. The van der Waals surface area contributed by atoms with Crippen molar-refractivity contribution in [3.63, 3.8) is 0 Å². The Balaban J connectivity index is 1.26. The molecule has 0 unspecified atom stereocenters. The molecule has 10 heteroatoms. The van der Waals surface area contributed by atoms with Gasteiger partial charge in [0.2, 0.25) is 0 Å². The van der Waals surface area contributed by atoms with Crippen molar-refractivity contribution in [2.75, 3.05) is 23.5 Å². The zero-order valence-electron chi connectivity index (χ0n) is 29.6. The maximum atomic E-state index is 13.7. The van der Waals surface area contributed by atoms with E-state index in [2.05, 4.69) is 10.6 Å². The van der Waals surface area contributed by atoms with Crippen LogP contribution >= 0.6 is 0 Å². The number of hydrogen-bond donors (Lipinski definition) is 3. The number of hydrogen-bond acceptors (Lipinski definition) is 8. The zero-order chi connectivity index (χ0) is 37.3. The third-order valence-electron chi connectivity index (χ3n) is 8.23. The van der Waals surface area contributed by atoms with Crippen molar-refractivity contribution < 1.29 is 33.3 Å². The van der Waals surface area contributed by atoms with E-state index >= 15 is 0 Å². The number of amides is 2. The maximum absolute atomic E-state index is 13.7. The average Bonchev–Trinajstić information content (AvgIpc) is 3.17. The molecule has 0 fully saturated rings. The molecule has 0 aromatic heterocycles. The normalized spacial score (nSPS) is 10.8. The Kier molecular flexibility index (Phi) is 11.2. The summed E-state index contributed by atoms with van der Waals surface area (Å²) in [6, 6.07) is 37.9. The third-order valence-corrected chi connectivity index (χ3v) is 8.23. The Morgan fingerprint density at radius 2 is 1.15 bits per heavy atom. The van der Waals surface area contributed by atoms with Gasteiger partial charge < -0.3 is 35.3 Å². The highest BCUT2D eigenvalue weighted by Crippen LogP contribution is 2.32. The van der Waals surface area contributed by atoms with Gasteiger partial charge in [-0.05, 0) is 96.4 Å². The van der Waals surface area contributed by atoms with Gasteiger partial charge in [0, 0.05) is 11.1 Å². The Hall–Kier alpha value is -6.81. The fraction of sp³-hybridized carbons (Fsp3) is 0.140. The number of carbonyl (C=O) groups is 3. The third kappa shape index (κ3) is 9.11. The summed E-state index contributed by atoms with van der Waals surface area (Å²) in [7, 11) is 1.29. The molecule has 4 N–H and O–H groups in total. The highest BCUT2D eigenvalue weighted by Gasteiger charge is 2.19. The van der Waals surface area contributed by atoms with Gasteiger partial charge in [0.15, 0.2) is 0 Å². The monoisotopic (exact) mass is 709 g/mol. The van der Waals surface area contributed by atoms with E-state index in [-0.39, 0.29) is 36.2 Å². The summed E-state index contributed by atoms with van der Waals surface area (Å²) < 4.78 is 23.0. The molecule has 0 radical (unpaired) electrons. The zero-order valence-corrected chi connectivity index (χ0v) is 29.6. The van der Waals surface area contributed by atoms with Crippen LogP contribution in [-0.4, -0.2) is 31.0 Å². The number of fused-ring (bicyclic) bond motifs is 1. The predicted octanol–water partition coefficient (Wildman–Crippen LogP) is 8.66. The van der Waals surface area contributed by atoms with Crippen molar-refractivity contribution in [1.82, 2.24) is 0 Å². The SMILES string of the molecule is COC(=O)c1ccc(NC(=O)c2ccc(NC(=O)c3ccc(N)c(OCc4ccccc4)c3)c(OCc3ccc4ccccc4c3)c2)c(OC(C)C)c1. The summed E-state index contributed by atoms with van der Waals surface area (Å²) in [5.41, 5.74) is 10.00. The lowest BCUT2D eigenvalue weighted by Gasteiger charge is -2.17. The summed E-state index contributed by atoms with van der Waals surface area (Å²) in [6.07, 6.45) is -0.232. The van der Waals surface area contributed by atoms with Gasteiger partial charge in [-0.1, -0.05) is 66.7 Å². The molecule has 6 rings (SSSR count). The predicted molar refractivity (Wildman–Crippen MR) is 206 cm³/mol. The summed E-state index contributed by atoms with van der Waals surface area (Å²) in [4.78, 5) is 39.4. The van der Waals surface area contributed by atoms with Crippen molar-refractivity contribution in [3.8, 4) is 17.2 Å². The van der Waals surface area contributed by atoms with Gasteiger partial charge in [-0.3, -0.25) is 9.59 Å². The maximum Gasteiger partial charge on any atom is 0.337 e. The van der Waals surface area contributed by atoms with E-state index in [0.29, 0.717) is 34.1 Å². The van der Waals surface area contributed by atoms with Crippen molar-refractivity contribution >= 4 is 45.6 Å². The van der Waals surface area contributed by atoms with Gasteiger partial charge in [-0.2, -0.15) is 0 Å². The molecule has 53 heavy (non-hydrogen) atoms. The molecule has 10 nitrogen and oxygen atoms in total. The summed E-state index contributed by atoms with van der Waals surface area (Å²) in [5, 5.41) is 7.95. The molecular formula is C43H39N3O7. The Morgan fingerprint density at radius 3 is 1.85 bits per heavy atom. The Morgan fingerprint density at radius 1 is 0.585 bits per heavy atom. The lowest BCUT2D eigenvalue weighted by atomic mass is 10.1. The average molecular weight is 710 g/mol. The number of methoxy groups -OCH3 is 1. The van der Waals surface area contributed by atoms with E-state index in [1.54, 1.807) is 48.5 Å². The molecule has 0 aliphatic rings. The lowest BCUT2D eigenvalue weighted by molar-refractivity contribution is 0.0599. The van der Waals surface area contributed by atoms with Gasteiger partial charge >= 0.3 is 5.97 Å². The molecule has 6 aromatic rings. The second-order valence-corrected chi connectivity index (χ2v) is 12.5. The smallest absolute Gasteiger partial charge is 0.337 e. The number of ether oxygens (including phenoxy) is 4. The first-order chi connectivity index (χ1) is 25.7. The lowest BCUT2D eigenvalue weighted by Crippen LogP contribution is -2.17. The van der Waals surface area contributed by atoms with Crippen LogP contribution in [0.3, 0.4) is 0 Å². The van der Waals surface area contributed by atoms with Crippen molar-refractivity contribution in [2.24, 2.45) is 0 Å². The molecule has 0 saturated carbocycles. The number of rotatable bonds is 13. The fourth-order valence-electron chi connectivity index (χ4n) is 5.52. The van der Waals surface area contributed by atoms with Crippen LogP contribution in [0.4, 0.5) is 17.1 Å². The molecule has 268 valence electrons. The minimum atomic E-state index is -0.530. The number of anilines is 3. The summed E-state index contributed by atoms with van der Waals surface area (Å²) in [6.45, 7) is 4.13. The van der Waals surface area contributed by atoms with Crippen molar-refractivity contribution in [3.05, 3.63) is 155 Å². The molecular weight excluding hydrogens is 670 g/mol. The molecule has 6 aromatic carbocycles. The van der Waals surface area contributed by atoms with Crippen LogP contribution < -0.4 is 30.6 Å². The fourth-order valence-corrected chi connectivity index (χ4v) is 5.52. The number of benzene rings is 6. The second kappa shape index (κ2) is 16.5. The molecule has 0 heterocycles. The largest absolute Gasteiger partial charge is 0.489 e. The van der Waals surface area contributed by atoms with E-state index in [9.17, 15) is 14.4 Å². The second-order valence-electron chi connectivity index (χ2n) is 12.5. The van der Waals surface area contributed by atoms with Crippen LogP contribution in [0.25, 0.3) is 10.8 Å². The number of nitrogens with one attached hydrogen (secondary N) is 2. The molecule has 0 aliphatic heterocycles. The topological polar surface area (TPSA) is 138 Å². The van der Waals surface area contributed by atoms with Crippen LogP contribution in [0.1, 0.15) is 56.0 Å². The number of carbonyl (C=O) groups excluding carboxylic acids is 3. The van der Waals surface area contributed by atoms with Gasteiger partial charge in [0.05, 0.1) is 35.8 Å². The quantitative estimate of drug-likeness (QED) is 0.0800. The van der Waals surface area contributed by atoms with E-state index in [1.807, 2.05) is 86.6 Å². The summed E-state index contributed by atoms with van der Waals surface area (Å²) >= 11 is 0. The number of nitrogen functional groups attached to an aromatic ring is 1. The first-order valence-corrected chi connectivity index (χ1v) is 17.0. The van der Waals surface area contributed by atoms with Crippen LogP contribution in [0.2, 0.25) is 0 Å². The van der Waals surface area contributed by atoms with Crippen molar-refractivity contribution in [2.45, 2.75) is 33.2 Å². The van der Waals surface area contributed by atoms with E-state index in [1.165, 1.54) is 13.2 Å². The van der Waals surface area contributed by atoms with Gasteiger partial charge in [0.1, 0.15) is 30.5 Å². The number of esters is 1. The first-order valence-electron chi connectivity index (χ1n) is 17.0. The molecule has 2 amide bonds. The highest BCUT2D eigenvalue weighted by atomic mass is 16.5. The molecule has 0 spiro atoms. The van der Waals surface area contributed by atoms with E-state index in [0.717, 1.165) is 21.9 Å². The minimum Gasteiger partial charge on any atom is -0.489 e. The van der Waals surface area contributed by atoms with Crippen LogP contribution in [0.5, 0.6) is 17.2 Å². The summed E-state index contributed by atoms with van der Waals surface area (Å²) in [5.74, 6) is -0.461. The molecule has 0 aliphatic carbocycles. The van der Waals surface area contributed by atoms with E-state index in [4.69, 9.17) is 24.7 Å². The Labute approximate surface area is 307 Å². The van der Waals surface area contributed by atoms with E-state index < -0.39 is 17.8 Å². The minimum absolute atomic E-state index is 0.166. The molecule has 0 saturated heterocycles. The van der Waals surface area contributed by atoms with Crippen molar-refractivity contribution in [1.29, 1.82) is 0 Å². The number of nitrogens with two attached hydrogens (primary N) is 1. The van der Waals surface area contributed by atoms with Crippen LogP contribution in [-0.2, 0) is 18.0 Å². The van der Waals surface area contributed by atoms with Gasteiger partial charge in [0.25, 0.3) is 11.8 Å². The van der Waals surface area contributed by atoms with Gasteiger partial charge in [-0.15, -0.1) is 0 Å². The molecule has 0 bridgehead atoms.